The summed E-state index contributed by atoms with van der Waals surface area (Å²) >= 11 is 0. The third-order valence-corrected chi connectivity index (χ3v) is 3.67. The van der Waals surface area contributed by atoms with Gasteiger partial charge in [-0.2, -0.15) is 0 Å². The largest absolute Gasteiger partial charge is 0.491 e. The highest BCUT2D eigenvalue weighted by atomic mass is 16.5. The molecule has 2 aromatic rings. The maximum absolute atomic E-state index is 12.2. The fraction of sp³-hybridized carbons (Fsp3) is 0.300. The van der Waals surface area contributed by atoms with Crippen molar-refractivity contribution in [2.45, 2.75) is 33.3 Å². The van der Waals surface area contributed by atoms with E-state index in [2.05, 4.69) is 5.32 Å². The zero-order valence-corrected chi connectivity index (χ0v) is 15.1. The highest BCUT2D eigenvalue weighted by Gasteiger charge is 2.08. The van der Waals surface area contributed by atoms with Crippen molar-refractivity contribution in [1.82, 2.24) is 0 Å². The summed E-state index contributed by atoms with van der Waals surface area (Å²) < 4.78 is 5.58. The maximum atomic E-state index is 12.2. The van der Waals surface area contributed by atoms with Crippen molar-refractivity contribution in [3.63, 3.8) is 0 Å². The zero-order valence-electron chi connectivity index (χ0n) is 15.1. The molecule has 5 heteroatoms. The van der Waals surface area contributed by atoms with Gasteiger partial charge in [0.1, 0.15) is 5.75 Å². The molecule has 0 aliphatic carbocycles. The average Bonchev–Trinajstić information content (AvgIpc) is 2.56. The second-order valence-electron chi connectivity index (χ2n) is 6.16. The highest BCUT2D eigenvalue weighted by Crippen LogP contribution is 2.18. The normalized spacial score (nSPS) is 10.4. The molecule has 1 N–H and O–H groups in total. The second-order valence-corrected chi connectivity index (χ2v) is 6.16. The summed E-state index contributed by atoms with van der Waals surface area (Å²) in [7, 11) is 1.72. The smallest absolute Gasteiger partial charge is 0.228 e. The fourth-order valence-corrected chi connectivity index (χ4v) is 2.30. The topological polar surface area (TPSA) is 58.6 Å². The van der Waals surface area contributed by atoms with E-state index >= 15 is 0 Å². The van der Waals surface area contributed by atoms with E-state index in [1.807, 2.05) is 62.4 Å². The Morgan fingerprint density at radius 3 is 2.16 bits per heavy atom. The molecule has 0 spiro atoms. The monoisotopic (exact) mass is 340 g/mol. The van der Waals surface area contributed by atoms with E-state index in [4.69, 9.17) is 4.74 Å². The van der Waals surface area contributed by atoms with Crippen LogP contribution < -0.4 is 15.0 Å². The quantitative estimate of drug-likeness (QED) is 0.873. The van der Waals surface area contributed by atoms with Crippen LogP contribution in [0.4, 0.5) is 11.4 Å². The minimum Gasteiger partial charge on any atom is -0.491 e. The van der Waals surface area contributed by atoms with Crippen molar-refractivity contribution >= 4 is 23.2 Å². The number of anilines is 2. The van der Waals surface area contributed by atoms with Crippen LogP contribution in [-0.2, 0) is 16.0 Å². The van der Waals surface area contributed by atoms with Gasteiger partial charge < -0.3 is 15.0 Å². The molecule has 2 aromatic carbocycles. The van der Waals surface area contributed by atoms with Crippen LogP contribution in [0.15, 0.2) is 48.5 Å². The summed E-state index contributed by atoms with van der Waals surface area (Å²) in [4.78, 5) is 25.1. The SMILES string of the molecule is CC(=O)N(C)c1ccc(CC(=O)Nc2ccc(OC(C)C)cc2)cc1. The lowest BCUT2D eigenvalue weighted by Crippen LogP contribution is -2.22. The summed E-state index contributed by atoms with van der Waals surface area (Å²) in [5.74, 6) is 0.652. The molecule has 0 bridgehead atoms. The van der Waals surface area contributed by atoms with Crippen LogP contribution in [0, 0.1) is 0 Å². The van der Waals surface area contributed by atoms with Crippen LogP contribution in [0.25, 0.3) is 0 Å². The molecule has 5 nitrogen and oxygen atoms in total. The van der Waals surface area contributed by atoms with Gasteiger partial charge in [0.25, 0.3) is 0 Å². The fourth-order valence-electron chi connectivity index (χ4n) is 2.30. The van der Waals surface area contributed by atoms with Gasteiger partial charge in [-0.3, -0.25) is 9.59 Å². The molecule has 0 saturated carbocycles. The van der Waals surface area contributed by atoms with Crippen LogP contribution in [0.3, 0.4) is 0 Å². The minimum atomic E-state index is -0.0924. The Kier molecular flexibility index (Phi) is 6.17. The van der Waals surface area contributed by atoms with E-state index < -0.39 is 0 Å². The number of rotatable bonds is 6. The standard InChI is InChI=1S/C20H24N2O3/c1-14(2)25-19-11-7-17(8-12-19)21-20(24)13-16-5-9-18(10-6-16)22(4)15(3)23/h5-12,14H,13H2,1-4H3,(H,21,24). The first-order valence-electron chi connectivity index (χ1n) is 8.25. The number of benzene rings is 2. The van der Waals surface area contributed by atoms with Gasteiger partial charge >= 0.3 is 0 Å². The summed E-state index contributed by atoms with van der Waals surface area (Å²) in [6, 6.07) is 14.7. The van der Waals surface area contributed by atoms with E-state index in [0.29, 0.717) is 0 Å². The molecule has 0 aromatic heterocycles. The molecule has 0 atom stereocenters. The summed E-state index contributed by atoms with van der Waals surface area (Å²) in [6.07, 6.45) is 0.388. The van der Waals surface area contributed by atoms with Gasteiger partial charge in [0.05, 0.1) is 12.5 Å². The number of ether oxygens (including phenoxy) is 1. The molecule has 0 radical (unpaired) electrons. The van der Waals surface area contributed by atoms with Crippen LogP contribution in [0.5, 0.6) is 5.75 Å². The van der Waals surface area contributed by atoms with Gasteiger partial charge in [-0.05, 0) is 55.8 Å². The van der Waals surface area contributed by atoms with Gasteiger partial charge in [-0.25, -0.2) is 0 Å². The first-order valence-corrected chi connectivity index (χ1v) is 8.25. The number of hydrogen-bond donors (Lipinski definition) is 1. The van der Waals surface area contributed by atoms with E-state index in [1.165, 1.54) is 6.92 Å². The van der Waals surface area contributed by atoms with Gasteiger partial charge in [0, 0.05) is 25.3 Å². The Labute approximate surface area is 148 Å². The molecule has 2 amide bonds. The molecule has 0 aliphatic heterocycles. The van der Waals surface area contributed by atoms with E-state index in [1.54, 1.807) is 11.9 Å². The predicted octanol–water partition coefficient (Wildman–Crippen LogP) is 3.64. The predicted molar refractivity (Wildman–Crippen MR) is 100 cm³/mol. The molecular formula is C20H24N2O3. The highest BCUT2D eigenvalue weighted by molar-refractivity contribution is 5.93. The van der Waals surface area contributed by atoms with Crippen molar-refractivity contribution in [3.05, 3.63) is 54.1 Å². The molecule has 0 heterocycles. The Bertz CT molecular complexity index is 722. The number of amides is 2. The lowest BCUT2D eigenvalue weighted by Gasteiger charge is -2.15. The molecule has 2 rings (SSSR count). The first-order chi connectivity index (χ1) is 11.8. The van der Waals surface area contributed by atoms with Gasteiger partial charge in [0.15, 0.2) is 0 Å². The Balaban J connectivity index is 1.92. The van der Waals surface area contributed by atoms with Crippen molar-refractivity contribution < 1.29 is 14.3 Å². The molecule has 25 heavy (non-hydrogen) atoms. The number of nitrogens with one attached hydrogen (secondary N) is 1. The Morgan fingerprint density at radius 2 is 1.64 bits per heavy atom. The number of hydrogen-bond acceptors (Lipinski definition) is 3. The van der Waals surface area contributed by atoms with Crippen molar-refractivity contribution in [1.29, 1.82) is 0 Å². The number of carbonyl (C=O) groups is 2. The van der Waals surface area contributed by atoms with Gasteiger partial charge in [0.2, 0.25) is 11.8 Å². The van der Waals surface area contributed by atoms with E-state index in [9.17, 15) is 9.59 Å². The number of nitrogens with zero attached hydrogens (tertiary/aromatic N) is 1. The molecule has 0 saturated heterocycles. The second kappa shape index (κ2) is 8.33. The van der Waals surface area contributed by atoms with Crippen LogP contribution in [0.2, 0.25) is 0 Å². The lowest BCUT2D eigenvalue weighted by atomic mass is 10.1. The van der Waals surface area contributed by atoms with Crippen LogP contribution in [0.1, 0.15) is 26.3 Å². The van der Waals surface area contributed by atoms with E-state index in [0.717, 1.165) is 22.7 Å². The molecule has 0 aliphatic rings. The number of carbonyl (C=O) groups excluding carboxylic acids is 2. The summed E-state index contributed by atoms with van der Waals surface area (Å²) in [5, 5.41) is 2.87. The Morgan fingerprint density at radius 1 is 1.04 bits per heavy atom. The van der Waals surface area contributed by atoms with Crippen LogP contribution >= 0.6 is 0 Å². The minimum absolute atomic E-state index is 0.0320. The lowest BCUT2D eigenvalue weighted by molar-refractivity contribution is -0.116. The zero-order chi connectivity index (χ0) is 18.4. The third kappa shape index (κ3) is 5.64. The molecule has 132 valence electrons. The summed E-state index contributed by atoms with van der Waals surface area (Å²) in [6.45, 7) is 5.45. The van der Waals surface area contributed by atoms with Crippen molar-refractivity contribution in [2.75, 3.05) is 17.3 Å². The van der Waals surface area contributed by atoms with Crippen molar-refractivity contribution in [3.8, 4) is 5.75 Å². The molecule has 0 fully saturated rings. The van der Waals surface area contributed by atoms with Crippen LogP contribution in [-0.4, -0.2) is 25.0 Å². The van der Waals surface area contributed by atoms with E-state index in [-0.39, 0.29) is 24.3 Å². The van der Waals surface area contributed by atoms with Gasteiger partial charge in [-0.15, -0.1) is 0 Å². The molecule has 0 unspecified atom stereocenters. The average molecular weight is 340 g/mol. The first kappa shape index (κ1) is 18.5. The van der Waals surface area contributed by atoms with Crippen molar-refractivity contribution in [2.24, 2.45) is 0 Å². The summed E-state index contributed by atoms with van der Waals surface area (Å²) in [5.41, 5.74) is 2.42. The maximum Gasteiger partial charge on any atom is 0.228 e. The molecular weight excluding hydrogens is 316 g/mol. The Hall–Kier alpha value is -2.82. The van der Waals surface area contributed by atoms with Gasteiger partial charge in [-0.1, -0.05) is 12.1 Å². The third-order valence-electron chi connectivity index (χ3n) is 3.67.